The van der Waals surface area contributed by atoms with Gasteiger partial charge < -0.3 is 45.8 Å². The Kier molecular flexibility index (Phi) is 14.6. The number of aliphatic hydroxyl groups excluding tert-OH is 1. The van der Waals surface area contributed by atoms with Gasteiger partial charge in [-0.05, 0) is 130 Å². The summed E-state index contributed by atoms with van der Waals surface area (Å²) in [5.41, 5.74) is 4.71. The summed E-state index contributed by atoms with van der Waals surface area (Å²) >= 11 is 0. The summed E-state index contributed by atoms with van der Waals surface area (Å²) in [7, 11) is 1.85. The molecule has 3 amide bonds. The van der Waals surface area contributed by atoms with Gasteiger partial charge in [-0.15, -0.1) is 16.6 Å². The average Bonchev–Trinajstić information content (AvgIpc) is 3.77. The molecule has 4 atom stereocenters. The molecule has 16 heteroatoms. The highest BCUT2D eigenvalue weighted by Crippen LogP contribution is 2.55. The van der Waals surface area contributed by atoms with Crippen LogP contribution in [0.25, 0.3) is 11.3 Å². The number of β-amino-alcohol motifs (C(OH)–C–C–N with tert-alkyl or cyclic N) is 1. The molecule has 71 heavy (non-hydrogen) atoms. The lowest BCUT2D eigenvalue weighted by molar-refractivity contribution is -0.145. The normalized spacial score (nSPS) is 25.5. The Balaban J connectivity index is 0.718. The molecule has 5 fully saturated rings. The van der Waals surface area contributed by atoms with Gasteiger partial charge in [-0.25, -0.2) is 9.97 Å². The Morgan fingerprint density at radius 1 is 0.915 bits per heavy atom. The number of terminal acetylenes is 1. The molecule has 0 radical (unpaired) electrons. The molecule has 16 nitrogen and oxygen atoms in total. The van der Waals surface area contributed by atoms with Crippen LogP contribution in [-0.2, 0) is 20.9 Å². The van der Waals surface area contributed by atoms with Crippen molar-refractivity contribution >= 4 is 35.2 Å². The van der Waals surface area contributed by atoms with Crippen LogP contribution in [0, 0.1) is 29.1 Å². The second kappa shape index (κ2) is 20.8. The van der Waals surface area contributed by atoms with Crippen LogP contribution in [0.3, 0.4) is 0 Å². The van der Waals surface area contributed by atoms with E-state index in [0.717, 1.165) is 94.0 Å². The van der Waals surface area contributed by atoms with Gasteiger partial charge in [-0.3, -0.25) is 14.4 Å². The molecule has 9 rings (SSSR count). The quantitative estimate of drug-likeness (QED) is 0.109. The van der Waals surface area contributed by atoms with Crippen molar-refractivity contribution in [1.29, 1.82) is 0 Å². The maximum absolute atomic E-state index is 14.2. The number of hydrogen-bond acceptors (Lipinski definition) is 13. The van der Waals surface area contributed by atoms with E-state index in [0.29, 0.717) is 29.0 Å². The van der Waals surface area contributed by atoms with Crippen LogP contribution in [0.1, 0.15) is 108 Å². The number of nitrogens with zero attached hydrogens (tertiary/aromatic N) is 8. The van der Waals surface area contributed by atoms with E-state index in [1.807, 2.05) is 82.7 Å². The van der Waals surface area contributed by atoms with Crippen molar-refractivity contribution in [1.82, 2.24) is 40.6 Å². The minimum absolute atomic E-state index is 0.0404. The monoisotopic (exact) mass is 966 g/mol. The summed E-state index contributed by atoms with van der Waals surface area (Å²) < 4.78 is 0. The van der Waals surface area contributed by atoms with E-state index in [4.69, 9.17) is 16.4 Å². The number of para-hydroxylation sites is 1. The molecule has 1 spiro atoms. The Labute approximate surface area is 418 Å². The largest absolute Gasteiger partial charge is 0.507 e. The number of aromatic nitrogens is 4. The zero-order chi connectivity index (χ0) is 50.0. The predicted molar refractivity (Wildman–Crippen MR) is 274 cm³/mol. The molecule has 2 aromatic carbocycles. The smallest absolute Gasteiger partial charge is 0.246 e. The molecule has 5 aliphatic rings. The summed E-state index contributed by atoms with van der Waals surface area (Å²) in [5.74, 6) is 3.70. The third-order valence-electron chi connectivity index (χ3n) is 16.2. The number of amides is 3. The molecule has 0 unspecified atom stereocenters. The topological polar surface area (TPSA) is 192 Å². The Bertz CT molecular complexity index is 2570. The van der Waals surface area contributed by atoms with Crippen LogP contribution in [-0.4, -0.2) is 134 Å². The number of aliphatic hydroxyl groups is 1. The molecule has 4 aromatic rings. The number of phenols is 1. The molecule has 2 aromatic heterocycles. The van der Waals surface area contributed by atoms with Gasteiger partial charge in [0.2, 0.25) is 23.7 Å². The number of benzene rings is 2. The number of nitrogens with one attached hydrogen (secondary N) is 3. The van der Waals surface area contributed by atoms with Crippen molar-refractivity contribution in [2.24, 2.45) is 16.7 Å². The molecule has 3 aliphatic heterocycles. The van der Waals surface area contributed by atoms with Gasteiger partial charge >= 0.3 is 0 Å². The van der Waals surface area contributed by atoms with Crippen molar-refractivity contribution in [3.05, 3.63) is 83.7 Å². The van der Waals surface area contributed by atoms with Crippen molar-refractivity contribution in [2.45, 2.75) is 128 Å². The number of anilines is 3. The molecule has 376 valence electrons. The maximum atomic E-state index is 14.2. The van der Waals surface area contributed by atoms with E-state index < -0.39 is 23.6 Å². The van der Waals surface area contributed by atoms with E-state index in [1.165, 1.54) is 23.3 Å². The first-order valence-corrected chi connectivity index (χ1v) is 25.7. The first-order chi connectivity index (χ1) is 34.1. The van der Waals surface area contributed by atoms with E-state index in [9.17, 15) is 24.6 Å². The van der Waals surface area contributed by atoms with Crippen molar-refractivity contribution in [3.8, 4) is 29.4 Å². The molecule has 5 N–H and O–H groups in total. The van der Waals surface area contributed by atoms with Crippen LogP contribution in [0.4, 0.5) is 17.5 Å². The Hall–Kier alpha value is -6.31. The van der Waals surface area contributed by atoms with E-state index in [1.54, 1.807) is 12.1 Å². The molecule has 5 heterocycles. The van der Waals surface area contributed by atoms with Gasteiger partial charge in [-0.2, -0.15) is 0 Å². The number of rotatable bonds is 12. The Morgan fingerprint density at radius 3 is 2.27 bits per heavy atom. The van der Waals surface area contributed by atoms with Gasteiger partial charge in [0.15, 0.2) is 5.82 Å². The number of carbonyl (C=O) groups is 3. The van der Waals surface area contributed by atoms with Gasteiger partial charge in [-0.1, -0.05) is 51.0 Å². The van der Waals surface area contributed by atoms with Crippen molar-refractivity contribution in [3.63, 3.8) is 0 Å². The van der Waals surface area contributed by atoms with E-state index in [2.05, 4.69) is 53.7 Å². The molecule has 2 saturated carbocycles. The number of carbonyl (C=O) groups excluding carboxylic acids is 3. The summed E-state index contributed by atoms with van der Waals surface area (Å²) in [6, 6.07) is 15.6. The Morgan fingerprint density at radius 2 is 1.62 bits per heavy atom. The summed E-state index contributed by atoms with van der Waals surface area (Å²) in [5, 5.41) is 39.2. The standard InChI is InChI=1S/C55H71N11O5/c1-7-36-12-14-37(15-13-36)30-57-51(70)46-26-42(67)34-66(46)52(71)48(54(3,4)5)60-50(69)39-16-20-55(21-17-39)28-41(29-55)63-22-18-38(19-23-63)40-31-58-53(59-32-40)64-24-25-65(35(2)33-64)45-27-44(61-62-49(45)56-6)43-10-8-9-11-47(43)68/h1,8-15,27,31-32,35,38-39,41-42,46,48,67-68H,16-26,28-30,33-34H2,2-6H3,(H,56,62)(H,57,70)(H,60,69)/t35-,39?,41?,42+,46-,48+,55?/m0/s1. The SMILES string of the molecule is C#Cc1ccc(CNC(=O)[C@@H]2C[C@@H](O)CN2C(=O)[C@@H](NC(=O)C2CCC3(CC2)CC(N2CCC(c4cnc(N5CCN(c6cc(-c7ccccc7O)nnc6NC)[C@@H](C)C5)nc4)CC2)C3)C(C)(C)C)cc1. The predicted octanol–water partition coefficient (Wildman–Crippen LogP) is 5.70. The molecule has 3 saturated heterocycles. The molecular formula is C55H71N11O5. The second-order valence-corrected chi connectivity index (χ2v) is 21.9. The van der Waals surface area contributed by atoms with Crippen molar-refractivity contribution in [2.75, 3.05) is 61.4 Å². The maximum Gasteiger partial charge on any atom is 0.246 e. The fourth-order valence-corrected chi connectivity index (χ4v) is 11.9. The van der Waals surface area contributed by atoms with Crippen LogP contribution in [0.5, 0.6) is 5.75 Å². The first kappa shape index (κ1) is 49.7. The van der Waals surface area contributed by atoms with Crippen LogP contribution in [0.15, 0.2) is 67.0 Å². The minimum atomic E-state index is -0.842. The summed E-state index contributed by atoms with van der Waals surface area (Å²) in [4.78, 5) is 60.1. The lowest BCUT2D eigenvalue weighted by atomic mass is 9.56. The molecule has 2 aliphatic carbocycles. The van der Waals surface area contributed by atoms with Gasteiger partial charge in [0.1, 0.15) is 17.8 Å². The second-order valence-electron chi connectivity index (χ2n) is 21.9. The fraction of sp³-hybridized carbons (Fsp3) is 0.545. The number of phenolic OH excluding ortho intramolecular Hbond substituents is 1. The van der Waals surface area contributed by atoms with Gasteiger partial charge in [0.25, 0.3) is 0 Å². The van der Waals surface area contributed by atoms with Crippen molar-refractivity contribution < 1.29 is 24.6 Å². The van der Waals surface area contributed by atoms with E-state index >= 15 is 0 Å². The molecular weight excluding hydrogens is 895 g/mol. The lowest BCUT2D eigenvalue weighted by Gasteiger charge is -2.55. The number of piperazine rings is 1. The number of piperidine rings is 1. The third-order valence-corrected chi connectivity index (χ3v) is 16.2. The van der Waals surface area contributed by atoms with Crippen LogP contribution >= 0.6 is 0 Å². The number of hydrogen-bond donors (Lipinski definition) is 5. The third kappa shape index (κ3) is 10.8. The molecule has 0 bridgehead atoms. The summed E-state index contributed by atoms with van der Waals surface area (Å²) in [6.45, 7) is 12.7. The highest BCUT2D eigenvalue weighted by atomic mass is 16.3. The number of aromatic hydroxyl groups is 1. The summed E-state index contributed by atoms with van der Waals surface area (Å²) in [6.07, 6.45) is 17.0. The first-order valence-electron chi connectivity index (χ1n) is 25.7. The highest BCUT2D eigenvalue weighted by Gasteiger charge is 2.50. The number of likely N-dealkylation sites (tertiary alicyclic amines) is 2. The lowest BCUT2D eigenvalue weighted by Crippen LogP contribution is -2.59. The fourth-order valence-electron chi connectivity index (χ4n) is 11.9. The zero-order valence-corrected chi connectivity index (χ0v) is 42.0. The average molecular weight is 966 g/mol. The van der Waals surface area contributed by atoms with E-state index in [-0.39, 0.29) is 60.4 Å². The highest BCUT2D eigenvalue weighted by molar-refractivity contribution is 5.93. The van der Waals surface area contributed by atoms with Crippen LogP contribution in [0.2, 0.25) is 0 Å². The zero-order valence-electron chi connectivity index (χ0n) is 42.0. The van der Waals surface area contributed by atoms with Gasteiger partial charge in [0, 0.05) is 87.7 Å². The minimum Gasteiger partial charge on any atom is -0.507 e. The van der Waals surface area contributed by atoms with Gasteiger partial charge in [0.05, 0.1) is 17.5 Å². The van der Waals surface area contributed by atoms with Crippen LogP contribution < -0.4 is 25.8 Å².